The van der Waals surface area contributed by atoms with Gasteiger partial charge in [0.15, 0.2) is 5.78 Å². The van der Waals surface area contributed by atoms with Crippen LogP contribution in [-0.4, -0.2) is 11.7 Å². The standard InChI is InChI=1S/C20H17F6NO2/c1-11(14-4-3-5-15(9-14)12(2)28)27-18(29)8-13-6-16(19(21,22)23)10-17(7-13)20(24,25)26/h3-7,9-11H,8H2,1-2H3,(H,27,29). The topological polar surface area (TPSA) is 46.2 Å². The first-order chi connectivity index (χ1) is 13.3. The van der Waals surface area contributed by atoms with E-state index in [9.17, 15) is 35.9 Å². The van der Waals surface area contributed by atoms with Crippen molar-refractivity contribution in [1.29, 1.82) is 0 Å². The lowest BCUT2D eigenvalue weighted by Crippen LogP contribution is -2.28. The van der Waals surface area contributed by atoms with Gasteiger partial charge in [-0.05, 0) is 49.2 Å². The summed E-state index contributed by atoms with van der Waals surface area (Å²) in [4.78, 5) is 23.6. The van der Waals surface area contributed by atoms with E-state index in [0.717, 1.165) is 0 Å². The first-order valence-electron chi connectivity index (χ1n) is 8.46. The number of hydrogen-bond acceptors (Lipinski definition) is 2. The molecule has 0 aliphatic carbocycles. The van der Waals surface area contributed by atoms with Crippen molar-refractivity contribution in [2.45, 2.75) is 38.7 Å². The number of amides is 1. The van der Waals surface area contributed by atoms with Crippen LogP contribution in [0.4, 0.5) is 26.3 Å². The van der Waals surface area contributed by atoms with E-state index in [1.165, 1.54) is 6.92 Å². The predicted octanol–water partition coefficient (Wildman–Crippen LogP) is 5.35. The largest absolute Gasteiger partial charge is 0.416 e. The number of benzene rings is 2. The van der Waals surface area contributed by atoms with E-state index in [-0.39, 0.29) is 11.8 Å². The average Bonchev–Trinajstić information content (AvgIpc) is 2.59. The van der Waals surface area contributed by atoms with Crippen LogP contribution in [0.5, 0.6) is 0 Å². The van der Waals surface area contributed by atoms with Crippen LogP contribution < -0.4 is 5.32 Å². The van der Waals surface area contributed by atoms with Gasteiger partial charge in [0, 0.05) is 5.56 Å². The second-order valence-corrected chi connectivity index (χ2v) is 6.56. The van der Waals surface area contributed by atoms with Gasteiger partial charge in [0.2, 0.25) is 5.91 Å². The highest BCUT2D eigenvalue weighted by Gasteiger charge is 2.37. The molecule has 1 unspecified atom stereocenters. The molecule has 0 radical (unpaired) electrons. The molecule has 0 aromatic heterocycles. The number of ketones is 1. The highest BCUT2D eigenvalue weighted by Crippen LogP contribution is 2.36. The van der Waals surface area contributed by atoms with E-state index in [2.05, 4.69) is 5.32 Å². The third-order valence-corrected chi connectivity index (χ3v) is 4.18. The second-order valence-electron chi connectivity index (χ2n) is 6.56. The Morgan fingerprint density at radius 1 is 0.931 bits per heavy atom. The number of carbonyl (C=O) groups excluding carboxylic acids is 2. The summed E-state index contributed by atoms with van der Waals surface area (Å²) in [7, 11) is 0. The van der Waals surface area contributed by atoms with E-state index in [0.29, 0.717) is 23.3 Å². The Kier molecular flexibility index (Phi) is 6.40. The number of carbonyl (C=O) groups is 2. The molecule has 1 N–H and O–H groups in total. The predicted molar refractivity (Wildman–Crippen MR) is 93.2 cm³/mol. The molecule has 2 aromatic carbocycles. The zero-order valence-corrected chi connectivity index (χ0v) is 15.4. The van der Waals surface area contributed by atoms with Crippen LogP contribution in [0.2, 0.25) is 0 Å². The third-order valence-electron chi connectivity index (χ3n) is 4.18. The summed E-state index contributed by atoms with van der Waals surface area (Å²) in [6.45, 7) is 2.96. The lowest BCUT2D eigenvalue weighted by atomic mass is 10.0. The minimum absolute atomic E-state index is 0.0112. The highest BCUT2D eigenvalue weighted by atomic mass is 19.4. The molecule has 0 saturated heterocycles. The van der Waals surface area contributed by atoms with Crippen molar-refractivity contribution in [3.8, 4) is 0 Å². The molecule has 0 aliphatic rings. The Labute approximate surface area is 162 Å². The van der Waals surface area contributed by atoms with Gasteiger partial charge in [0.05, 0.1) is 23.6 Å². The van der Waals surface area contributed by atoms with Crippen LogP contribution in [0.1, 0.15) is 52.5 Å². The third kappa shape index (κ3) is 6.07. The Morgan fingerprint density at radius 2 is 1.48 bits per heavy atom. The maximum absolute atomic E-state index is 12.9. The Hall–Kier alpha value is -2.84. The zero-order chi connectivity index (χ0) is 22.0. The SMILES string of the molecule is CC(=O)c1cccc(C(C)NC(=O)Cc2cc(C(F)(F)F)cc(C(F)(F)F)c2)c1. The molecule has 9 heteroatoms. The second kappa shape index (κ2) is 8.26. The van der Waals surface area contributed by atoms with Gasteiger partial charge in [-0.1, -0.05) is 18.2 Å². The van der Waals surface area contributed by atoms with Gasteiger partial charge in [0.25, 0.3) is 0 Å². The normalized spacial score (nSPS) is 13.1. The summed E-state index contributed by atoms with van der Waals surface area (Å²) >= 11 is 0. The molecular formula is C20H17F6NO2. The van der Waals surface area contributed by atoms with Gasteiger partial charge in [-0.15, -0.1) is 0 Å². The summed E-state index contributed by atoms with van der Waals surface area (Å²) in [5.41, 5.74) is -2.37. The van der Waals surface area contributed by atoms with Crippen LogP contribution in [0.15, 0.2) is 42.5 Å². The lowest BCUT2D eigenvalue weighted by Gasteiger charge is -2.17. The molecule has 2 aromatic rings. The summed E-state index contributed by atoms with van der Waals surface area (Å²) < 4.78 is 77.5. The Bertz CT molecular complexity index is 886. The van der Waals surface area contributed by atoms with Crippen LogP contribution >= 0.6 is 0 Å². The molecule has 1 atom stereocenters. The summed E-state index contributed by atoms with van der Waals surface area (Å²) in [5, 5.41) is 2.51. The van der Waals surface area contributed by atoms with E-state index in [4.69, 9.17) is 0 Å². The van der Waals surface area contributed by atoms with Gasteiger partial charge in [-0.3, -0.25) is 9.59 Å². The van der Waals surface area contributed by atoms with Crippen molar-refractivity contribution in [2.24, 2.45) is 0 Å². The van der Waals surface area contributed by atoms with Gasteiger partial charge in [-0.25, -0.2) is 0 Å². The zero-order valence-electron chi connectivity index (χ0n) is 15.4. The fourth-order valence-corrected chi connectivity index (χ4v) is 2.71. The maximum atomic E-state index is 12.9. The molecule has 0 saturated carbocycles. The quantitative estimate of drug-likeness (QED) is 0.527. The molecule has 156 valence electrons. The molecule has 2 rings (SSSR count). The van der Waals surface area contributed by atoms with Gasteiger partial charge in [-0.2, -0.15) is 26.3 Å². The number of alkyl halides is 6. The molecule has 0 fully saturated rings. The van der Waals surface area contributed by atoms with E-state index >= 15 is 0 Å². The van der Waals surface area contributed by atoms with Crippen molar-refractivity contribution in [3.63, 3.8) is 0 Å². The van der Waals surface area contributed by atoms with E-state index < -0.39 is 47.4 Å². The summed E-state index contributed by atoms with van der Waals surface area (Å²) in [6, 6.07) is 6.85. The summed E-state index contributed by atoms with van der Waals surface area (Å²) in [6.07, 6.45) is -10.6. The van der Waals surface area contributed by atoms with E-state index in [1.807, 2.05) is 0 Å². The Morgan fingerprint density at radius 3 is 1.97 bits per heavy atom. The van der Waals surface area contributed by atoms with Crippen molar-refractivity contribution >= 4 is 11.7 Å². The monoisotopic (exact) mass is 417 g/mol. The molecule has 0 aliphatic heterocycles. The number of nitrogens with one attached hydrogen (secondary N) is 1. The van der Waals surface area contributed by atoms with Crippen LogP contribution in [0.25, 0.3) is 0 Å². The number of hydrogen-bond donors (Lipinski definition) is 1. The minimum atomic E-state index is -4.98. The van der Waals surface area contributed by atoms with Crippen molar-refractivity contribution in [2.75, 3.05) is 0 Å². The molecular weight excluding hydrogens is 400 g/mol. The van der Waals surface area contributed by atoms with Crippen LogP contribution in [-0.2, 0) is 23.6 Å². The average molecular weight is 417 g/mol. The number of Topliss-reactive ketones (excluding diaryl/α,β-unsaturated/α-hetero) is 1. The van der Waals surface area contributed by atoms with Gasteiger partial charge in [0.1, 0.15) is 0 Å². The van der Waals surface area contributed by atoms with Crippen molar-refractivity contribution < 1.29 is 35.9 Å². The first kappa shape index (κ1) is 22.4. The highest BCUT2D eigenvalue weighted by molar-refractivity contribution is 5.94. The fraction of sp³-hybridized carbons (Fsp3) is 0.300. The lowest BCUT2D eigenvalue weighted by molar-refractivity contribution is -0.143. The summed E-state index contributed by atoms with van der Waals surface area (Å²) in [5.74, 6) is -0.938. The molecule has 29 heavy (non-hydrogen) atoms. The molecule has 1 amide bonds. The minimum Gasteiger partial charge on any atom is -0.349 e. The molecule has 0 spiro atoms. The van der Waals surface area contributed by atoms with E-state index in [1.54, 1.807) is 31.2 Å². The number of rotatable bonds is 5. The fourth-order valence-electron chi connectivity index (χ4n) is 2.71. The molecule has 3 nitrogen and oxygen atoms in total. The molecule has 0 bridgehead atoms. The number of halogens is 6. The van der Waals surface area contributed by atoms with Gasteiger partial charge < -0.3 is 5.32 Å². The smallest absolute Gasteiger partial charge is 0.349 e. The van der Waals surface area contributed by atoms with Crippen molar-refractivity contribution in [3.05, 3.63) is 70.3 Å². The van der Waals surface area contributed by atoms with Crippen LogP contribution in [0.3, 0.4) is 0 Å². The first-order valence-corrected chi connectivity index (χ1v) is 8.46. The Balaban J connectivity index is 2.21. The maximum Gasteiger partial charge on any atom is 0.416 e. The van der Waals surface area contributed by atoms with Crippen molar-refractivity contribution in [1.82, 2.24) is 5.32 Å². The van der Waals surface area contributed by atoms with Crippen LogP contribution in [0, 0.1) is 0 Å². The van der Waals surface area contributed by atoms with Gasteiger partial charge >= 0.3 is 12.4 Å². The molecule has 0 heterocycles.